The lowest BCUT2D eigenvalue weighted by Crippen LogP contribution is -2.15. The topological polar surface area (TPSA) is 97.4 Å². The number of amides is 1. The Kier molecular flexibility index (Phi) is 4.64. The summed E-state index contributed by atoms with van der Waals surface area (Å²) in [7, 11) is 0. The Morgan fingerprint density at radius 3 is 2.74 bits per heavy atom. The molecule has 0 spiro atoms. The third kappa shape index (κ3) is 3.74. The second-order valence-corrected chi connectivity index (χ2v) is 6.97. The summed E-state index contributed by atoms with van der Waals surface area (Å²) in [5, 5.41) is 10.1. The van der Waals surface area contributed by atoms with Gasteiger partial charge in [0.25, 0.3) is 17.7 Å². The monoisotopic (exact) mass is 410 g/mol. The molecule has 0 bridgehead atoms. The molecule has 0 atom stereocenters. The molecular formula is C23H18N6O2. The molecule has 0 fully saturated rings. The van der Waals surface area contributed by atoms with Gasteiger partial charge < -0.3 is 15.2 Å². The number of aromatic nitrogens is 4. The number of carbonyl (C=O) groups excluding carboxylic acids is 1. The number of nitrogens with one attached hydrogen (secondary N) is 2. The van der Waals surface area contributed by atoms with Gasteiger partial charge in [0.2, 0.25) is 0 Å². The van der Waals surface area contributed by atoms with Crippen LogP contribution in [0.25, 0.3) is 17.1 Å². The quantitative estimate of drug-likeness (QED) is 0.436. The van der Waals surface area contributed by atoms with Crippen LogP contribution in [0.3, 0.4) is 0 Å². The molecule has 3 heterocycles. The van der Waals surface area contributed by atoms with Gasteiger partial charge in [0.05, 0.1) is 6.20 Å². The first-order chi connectivity index (χ1) is 15.2. The summed E-state index contributed by atoms with van der Waals surface area (Å²) in [6.45, 7) is 1.93. The van der Waals surface area contributed by atoms with E-state index >= 15 is 0 Å². The van der Waals surface area contributed by atoms with Crippen molar-refractivity contribution in [2.24, 2.45) is 0 Å². The zero-order valence-corrected chi connectivity index (χ0v) is 16.6. The molecule has 0 aliphatic carbocycles. The number of hydrogen-bond donors (Lipinski definition) is 2. The molecule has 8 heteroatoms. The highest BCUT2D eigenvalue weighted by Crippen LogP contribution is 2.25. The first-order valence-electron chi connectivity index (χ1n) is 9.67. The third-order valence-electron chi connectivity index (χ3n) is 4.84. The van der Waals surface area contributed by atoms with E-state index in [1.165, 1.54) is 0 Å². The second-order valence-electron chi connectivity index (χ2n) is 6.97. The van der Waals surface area contributed by atoms with E-state index in [0.29, 0.717) is 28.9 Å². The lowest BCUT2D eigenvalue weighted by atomic mass is 10.1. The lowest BCUT2D eigenvalue weighted by molar-refractivity contribution is 0.102. The number of nitrogens with zero attached hydrogens (tertiary/aromatic N) is 4. The fourth-order valence-electron chi connectivity index (χ4n) is 3.22. The summed E-state index contributed by atoms with van der Waals surface area (Å²) in [5.74, 6) is 0.517. The van der Waals surface area contributed by atoms with Gasteiger partial charge in [-0.2, -0.15) is 4.98 Å². The van der Waals surface area contributed by atoms with E-state index in [0.717, 1.165) is 16.8 Å². The Labute approximate surface area is 177 Å². The maximum Gasteiger partial charge on any atom is 0.274 e. The van der Waals surface area contributed by atoms with Crippen molar-refractivity contribution in [2.75, 3.05) is 10.6 Å². The largest absolute Gasteiger partial charge is 0.332 e. The normalized spacial score (nSPS) is 10.9. The fraction of sp³-hybridized carbons (Fsp3) is 0.0435. The first-order valence-corrected chi connectivity index (χ1v) is 9.67. The van der Waals surface area contributed by atoms with Gasteiger partial charge in [-0.1, -0.05) is 30.3 Å². The molecule has 0 aliphatic rings. The van der Waals surface area contributed by atoms with Crippen LogP contribution < -0.4 is 10.6 Å². The Morgan fingerprint density at radius 1 is 1.03 bits per heavy atom. The summed E-state index contributed by atoms with van der Waals surface area (Å²) in [6, 6.07) is 20.7. The molecule has 0 saturated carbocycles. The third-order valence-corrected chi connectivity index (χ3v) is 4.84. The Balaban J connectivity index is 1.36. The predicted octanol–water partition coefficient (Wildman–Crippen LogP) is 4.69. The van der Waals surface area contributed by atoms with Crippen molar-refractivity contribution in [3.8, 4) is 11.5 Å². The number of anilines is 3. The molecule has 0 aliphatic heterocycles. The maximum absolute atomic E-state index is 12.8. The molecule has 8 nitrogen and oxygen atoms in total. The summed E-state index contributed by atoms with van der Waals surface area (Å²) < 4.78 is 7.08. The van der Waals surface area contributed by atoms with Crippen LogP contribution in [0.2, 0.25) is 0 Å². The highest BCUT2D eigenvalue weighted by molar-refractivity contribution is 6.04. The molecule has 5 aromatic rings. The molecule has 0 saturated heterocycles. The van der Waals surface area contributed by atoms with Gasteiger partial charge >= 0.3 is 0 Å². The standard InChI is InChI=1S/C23H18N6O2/c1-15-10-11-17(25-23-27-22(31-28-23)16-7-3-2-4-8-16)13-18(15)26-21(30)19-14-24-20-9-5-6-12-29(19)20/h2-14H,1H3,(H,25,28)(H,26,30). The molecule has 2 aromatic carbocycles. The number of fused-ring (bicyclic) bond motifs is 1. The minimum absolute atomic E-state index is 0.245. The summed E-state index contributed by atoms with van der Waals surface area (Å²) in [4.78, 5) is 21.5. The van der Waals surface area contributed by atoms with Crippen molar-refractivity contribution in [1.29, 1.82) is 0 Å². The van der Waals surface area contributed by atoms with Gasteiger partial charge in [-0.15, -0.1) is 0 Å². The molecule has 3 aromatic heterocycles. The van der Waals surface area contributed by atoms with Gasteiger partial charge in [0, 0.05) is 23.1 Å². The van der Waals surface area contributed by atoms with Crippen molar-refractivity contribution in [3.63, 3.8) is 0 Å². The van der Waals surface area contributed by atoms with Crippen LogP contribution >= 0.6 is 0 Å². The SMILES string of the molecule is Cc1ccc(Nc2noc(-c3ccccc3)n2)cc1NC(=O)c1cnc2ccccn12. The molecule has 152 valence electrons. The number of pyridine rings is 1. The first kappa shape index (κ1) is 18.6. The summed E-state index contributed by atoms with van der Waals surface area (Å²) >= 11 is 0. The maximum atomic E-state index is 12.8. The number of imidazole rings is 1. The van der Waals surface area contributed by atoms with Gasteiger partial charge in [-0.3, -0.25) is 9.20 Å². The van der Waals surface area contributed by atoms with E-state index < -0.39 is 0 Å². The van der Waals surface area contributed by atoms with Gasteiger partial charge in [-0.05, 0) is 54.0 Å². The fourth-order valence-corrected chi connectivity index (χ4v) is 3.22. The zero-order valence-electron chi connectivity index (χ0n) is 16.6. The number of benzene rings is 2. The minimum Gasteiger partial charge on any atom is -0.332 e. The van der Waals surface area contributed by atoms with Crippen molar-refractivity contribution in [2.45, 2.75) is 6.92 Å². The van der Waals surface area contributed by atoms with E-state index in [1.807, 2.05) is 79.9 Å². The highest BCUT2D eigenvalue weighted by atomic mass is 16.5. The van der Waals surface area contributed by atoms with Crippen LogP contribution in [0.15, 0.2) is 83.6 Å². The average Bonchev–Trinajstić information content (AvgIpc) is 3.44. The highest BCUT2D eigenvalue weighted by Gasteiger charge is 2.14. The average molecular weight is 410 g/mol. The van der Waals surface area contributed by atoms with Crippen LogP contribution in [0, 0.1) is 6.92 Å². The molecule has 5 rings (SSSR count). The van der Waals surface area contributed by atoms with Crippen molar-refractivity contribution < 1.29 is 9.32 Å². The number of aryl methyl sites for hydroxylation is 1. The number of rotatable bonds is 5. The van der Waals surface area contributed by atoms with Crippen LogP contribution in [0.4, 0.5) is 17.3 Å². The molecular weight excluding hydrogens is 392 g/mol. The molecule has 0 radical (unpaired) electrons. The Hall–Kier alpha value is -4.46. The summed E-state index contributed by atoms with van der Waals surface area (Å²) in [5.41, 5.74) is 4.33. The van der Waals surface area contributed by atoms with Crippen molar-refractivity contribution in [3.05, 3.63) is 90.4 Å². The molecule has 1 amide bonds. The van der Waals surface area contributed by atoms with E-state index in [-0.39, 0.29) is 5.91 Å². The smallest absolute Gasteiger partial charge is 0.274 e. The Bertz CT molecular complexity index is 1370. The Morgan fingerprint density at radius 2 is 1.87 bits per heavy atom. The predicted molar refractivity (Wildman–Crippen MR) is 117 cm³/mol. The minimum atomic E-state index is -0.245. The molecule has 0 unspecified atom stereocenters. The van der Waals surface area contributed by atoms with Gasteiger partial charge in [0.1, 0.15) is 11.3 Å². The number of carbonyl (C=O) groups is 1. The summed E-state index contributed by atoms with van der Waals surface area (Å²) in [6.07, 6.45) is 3.37. The zero-order chi connectivity index (χ0) is 21.2. The van der Waals surface area contributed by atoms with E-state index in [2.05, 4.69) is 25.8 Å². The van der Waals surface area contributed by atoms with Crippen molar-refractivity contribution >= 4 is 28.9 Å². The van der Waals surface area contributed by atoms with Crippen LogP contribution in [-0.4, -0.2) is 25.4 Å². The number of hydrogen-bond acceptors (Lipinski definition) is 6. The van der Waals surface area contributed by atoms with E-state index in [4.69, 9.17) is 4.52 Å². The van der Waals surface area contributed by atoms with Gasteiger partial charge in [0.15, 0.2) is 0 Å². The van der Waals surface area contributed by atoms with Crippen molar-refractivity contribution in [1.82, 2.24) is 19.5 Å². The molecule has 31 heavy (non-hydrogen) atoms. The van der Waals surface area contributed by atoms with E-state index in [1.54, 1.807) is 10.6 Å². The van der Waals surface area contributed by atoms with E-state index in [9.17, 15) is 4.79 Å². The van der Waals surface area contributed by atoms with Crippen LogP contribution in [-0.2, 0) is 0 Å². The molecule has 2 N–H and O–H groups in total. The van der Waals surface area contributed by atoms with Crippen LogP contribution in [0.1, 0.15) is 16.1 Å². The van der Waals surface area contributed by atoms with Crippen LogP contribution in [0.5, 0.6) is 0 Å². The lowest BCUT2D eigenvalue weighted by Gasteiger charge is -2.10. The van der Waals surface area contributed by atoms with Gasteiger partial charge in [-0.25, -0.2) is 4.98 Å². The second kappa shape index (κ2) is 7.75.